The highest BCUT2D eigenvalue weighted by Crippen LogP contribution is 2.34. The zero-order valence-electron chi connectivity index (χ0n) is 16.0. The number of aryl methyl sites for hydroxylation is 3. The van der Waals surface area contributed by atoms with E-state index in [1.807, 2.05) is 5.38 Å². The highest BCUT2D eigenvalue weighted by atomic mass is 32.2. The van der Waals surface area contributed by atoms with Crippen LogP contribution in [0.15, 0.2) is 40.6 Å². The van der Waals surface area contributed by atoms with Crippen LogP contribution in [0.4, 0.5) is 19.6 Å². The van der Waals surface area contributed by atoms with Crippen LogP contribution >= 0.6 is 23.1 Å². The molecule has 3 rings (SSSR count). The molecule has 0 spiro atoms. The summed E-state index contributed by atoms with van der Waals surface area (Å²) in [5, 5.41) is 2.23. The zero-order chi connectivity index (χ0) is 20.4. The van der Waals surface area contributed by atoms with Gasteiger partial charge >= 0.3 is 0 Å². The molecule has 1 amide bonds. The van der Waals surface area contributed by atoms with E-state index in [0.29, 0.717) is 10.9 Å². The quantitative estimate of drug-likeness (QED) is 0.454. The van der Waals surface area contributed by atoms with Gasteiger partial charge in [-0.25, -0.2) is 13.8 Å². The first-order valence-electron chi connectivity index (χ1n) is 8.67. The highest BCUT2D eigenvalue weighted by molar-refractivity contribution is 7.98. The average Bonchev–Trinajstić information content (AvgIpc) is 3.04. The predicted octanol–water partition coefficient (Wildman–Crippen LogP) is 6.32. The maximum Gasteiger partial charge on any atom is 0.230 e. The summed E-state index contributed by atoms with van der Waals surface area (Å²) in [5.74, 6) is -1.24. The number of halogens is 2. The van der Waals surface area contributed by atoms with Gasteiger partial charge in [0, 0.05) is 29.0 Å². The number of amides is 1. The molecule has 3 nitrogen and oxygen atoms in total. The molecule has 1 heterocycles. The van der Waals surface area contributed by atoms with E-state index in [1.165, 1.54) is 50.8 Å². The Hall–Kier alpha value is -2.25. The van der Waals surface area contributed by atoms with Gasteiger partial charge in [-0.15, -0.1) is 23.1 Å². The number of carbonyl (C=O) groups is 1. The van der Waals surface area contributed by atoms with E-state index < -0.39 is 11.6 Å². The number of rotatable bonds is 5. The standard InChI is InChI=1S/C21H20F2N2OS2/c1-12-7-13(2)20(14(3)8-12)27-10-17-11-28-21(24-17)25(15(4)26)19-6-5-16(22)9-18(19)23/h5-9,11H,10H2,1-4H3. The molecule has 146 valence electrons. The first kappa shape index (κ1) is 20.5. The molecule has 0 aliphatic rings. The third-order valence-electron chi connectivity index (χ3n) is 4.17. The predicted molar refractivity (Wildman–Crippen MR) is 112 cm³/mol. The summed E-state index contributed by atoms with van der Waals surface area (Å²) in [6.45, 7) is 7.58. The topological polar surface area (TPSA) is 33.2 Å². The van der Waals surface area contributed by atoms with E-state index in [2.05, 4.69) is 37.9 Å². The molecule has 0 bridgehead atoms. The van der Waals surface area contributed by atoms with E-state index in [-0.39, 0.29) is 11.6 Å². The second-order valence-corrected chi connectivity index (χ2v) is 8.41. The van der Waals surface area contributed by atoms with Crippen molar-refractivity contribution < 1.29 is 13.6 Å². The fraction of sp³-hybridized carbons (Fsp3) is 0.238. The van der Waals surface area contributed by atoms with Gasteiger partial charge < -0.3 is 0 Å². The average molecular weight is 419 g/mol. The minimum absolute atomic E-state index is 0.00678. The number of hydrogen-bond acceptors (Lipinski definition) is 4. The molecule has 0 saturated carbocycles. The number of hydrogen-bond donors (Lipinski definition) is 0. The molecule has 0 radical (unpaired) electrons. The Morgan fingerprint density at radius 2 is 1.82 bits per heavy atom. The second kappa shape index (κ2) is 8.41. The van der Waals surface area contributed by atoms with Crippen LogP contribution < -0.4 is 4.90 Å². The van der Waals surface area contributed by atoms with Crippen LogP contribution in [0.2, 0.25) is 0 Å². The molecule has 0 aliphatic carbocycles. The summed E-state index contributed by atoms with van der Waals surface area (Å²) in [5.41, 5.74) is 4.47. The summed E-state index contributed by atoms with van der Waals surface area (Å²) in [7, 11) is 0. The van der Waals surface area contributed by atoms with Crippen LogP contribution in [-0.4, -0.2) is 10.9 Å². The summed E-state index contributed by atoms with van der Waals surface area (Å²) in [4.78, 5) is 19.0. The molecule has 0 aliphatic heterocycles. The van der Waals surface area contributed by atoms with Crippen molar-refractivity contribution in [1.82, 2.24) is 4.98 Å². The van der Waals surface area contributed by atoms with Crippen molar-refractivity contribution in [3.8, 4) is 0 Å². The van der Waals surface area contributed by atoms with Crippen LogP contribution in [0.5, 0.6) is 0 Å². The van der Waals surface area contributed by atoms with Crippen molar-refractivity contribution in [3.63, 3.8) is 0 Å². The number of benzene rings is 2. The Morgan fingerprint density at radius 3 is 2.43 bits per heavy atom. The Morgan fingerprint density at radius 1 is 1.14 bits per heavy atom. The first-order valence-corrected chi connectivity index (χ1v) is 10.5. The number of thiazole rings is 1. The molecule has 0 saturated heterocycles. The molecule has 0 unspecified atom stereocenters. The Kier molecular flexibility index (Phi) is 6.15. The maximum atomic E-state index is 14.2. The Labute approximate surface area is 171 Å². The molecule has 1 aromatic heterocycles. The molecule has 3 aromatic rings. The van der Waals surface area contributed by atoms with Gasteiger partial charge in [-0.3, -0.25) is 9.69 Å². The van der Waals surface area contributed by atoms with Gasteiger partial charge in [0.05, 0.1) is 11.4 Å². The maximum absolute atomic E-state index is 14.2. The fourth-order valence-corrected chi connectivity index (χ4v) is 5.07. The zero-order valence-corrected chi connectivity index (χ0v) is 17.7. The van der Waals surface area contributed by atoms with Crippen molar-refractivity contribution >= 4 is 39.8 Å². The number of thioether (sulfide) groups is 1. The molecule has 2 aromatic carbocycles. The monoisotopic (exact) mass is 418 g/mol. The van der Waals surface area contributed by atoms with Crippen LogP contribution in [0.25, 0.3) is 0 Å². The molecule has 0 N–H and O–H groups in total. The summed E-state index contributed by atoms with van der Waals surface area (Å²) in [6, 6.07) is 7.44. The summed E-state index contributed by atoms with van der Waals surface area (Å²) >= 11 is 2.95. The fourth-order valence-electron chi connectivity index (χ4n) is 3.08. The molecule has 28 heavy (non-hydrogen) atoms. The van der Waals surface area contributed by atoms with Gasteiger partial charge in [-0.2, -0.15) is 0 Å². The molecular formula is C21H20F2N2OS2. The van der Waals surface area contributed by atoms with Crippen molar-refractivity contribution in [2.75, 3.05) is 4.90 Å². The number of carbonyl (C=O) groups excluding carboxylic acids is 1. The van der Waals surface area contributed by atoms with Gasteiger partial charge in [0.1, 0.15) is 11.6 Å². The van der Waals surface area contributed by atoms with Gasteiger partial charge in [-0.1, -0.05) is 17.7 Å². The molecule has 0 fully saturated rings. The Bertz CT molecular complexity index is 1010. The van der Waals surface area contributed by atoms with Gasteiger partial charge in [-0.05, 0) is 44.0 Å². The first-order chi connectivity index (χ1) is 13.3. The number of aromatic nitrogens is 1. The lowest BCUT2D eigenvalue weighted by Gasteiger charge is -2.18. The highest BCUT2D eigenvalue weighted by Gasteiger charge is 2.21. The lowest BCUT2D eigenvalue weighted by atomic mass is 10.1. The van der Waals surface area contributed by atoms with E-state index in [0.717, 1.165) is 17.8 Å². The lowest BCUT2D eigenvalue weighted by molar-refractivity contribution is -0.115. The van der Waals surface area contributed by atoms with Crippen LogP contribution in [0.3, 0.4) is 0 Å². The van der Waals surface area contributed by atoms with E-state index >= 15 is 0 Å². The van der Waals surface area contributed by atoms with Crippen LogP contribution in [-0.2, 0) is 10.5 Å². The third kappa shape index (κ3) is 4.42. The molecule has 7 heteroatoms. The van der Waals surface area contributed by atoms with Crippen LogP contribution in [0.1, 0.15) is 29.3 Å². The van der Waals surface area contributed by atoms with Crippen molar-refractivity contribution in [3.05, 3.63) is 69.7 Å². The molecule has 0 atom stereocenters. The number of anilines is 2. The van der Waals surface area contributed by atoms with E-state index in [1.54, 1.807) is 11.8 Å². The van der Waals surface area contributed by atoms with E-state index in [4.69, 9.17) is 0 Å². The van der Waals surface area contributed by atoms with Crippen molar-refractivity contribution in [1.29, 1.82) is 0 Å². The summed E-state index contributed by atoms with van der Waals surface area (Å²) < 4.78 is 27.4. The SMILES string of the molecule is CC(=O)N(c1nc(CSc2c(C)cc(C)cc2C)cs1)c1ccc(F)cc1F. The third-order valence-corrected chi connectivity index (χ3v) is 6.41. The molecular weight excluding hydrogens is 398 g/mol. The van der Waals surface area contributed by atoms with Crippen LogP contribution in [0, 0.1) is 32.4 Å². The van der Waals surface area contributed by atoms with Gasteiger partial charge in [0.15, 0.2) is 5.13 Å². The smallest absolute Gasteiger partial charge is 0.230 e. The van der Waals surface area contributed by atoms with Crippen molar-refractivity contribution in [2.45, 2.75) is 38.3 Å². The van der Waals surface area contributed by atoms with Crippen molar-refractivity contribution in [2.24, 2.45) is 0 Å². The van der Waals surface area contributed by atoms with Gasteiger partial charge in [0.25, 0.3) is 0 Å². The lowest BCUT2D eigenvalue weighted by Crippen LogP contribution is -2.23. The normalized spacial score (nSPS) is 10.9. The Balaban J connectivity index is 1.83. The minimum atomic E-state index is -0.799. The minimum Gasteiger partial charge on any atom is -0.274 e. The van der Waals surface area contributed by atoms with Gasteiger partial charge in [0.2, 0.25) is 5.91 Å². The largest absolute Gasteiger partial charge is 0.274 e. The summed E-state index contributed by atoms with van der Waals surface area (Å²) in [6.07, 6.45) is 0. The number of nitrogens with zero attached hydrogens (tertiary/aromatic N) is 2. The van der Waals surface area contributed by atoms with E-state index in [9.17, 15) is 13.6 Å². The second-order valence-electron chi connectivity index (χ2n) is 6.59.